The molecule has 1 aliphatic heterocycles. The van der Waals surface area contributed by atoms with E-state index in [4.69, 9.17) is 27.9 Å². The van der Waals surface area contributed by atoms with Crippen LogP contribution in [0.5, 0.6) is 0 Å². The SMILES string of the molecule is O=C(CCN1C(=O)c2ccccc2C1=O)OCc1c(Cl)cccc1Cl. The summed E-state index contributed by atoms with van der Waals surface area (Å²) in [6.07, 6.45) is -0.104. The van der Waals surface area contributed by atoms with Gasteiger partial charge >= 0.3 is 5.97 Å². The van der Waals surface area contributed by atoms with Crippen LogP contribution in [0.1, 0.15) is 32.7 Å². The van der Waals surface area contributed by atoms with Gasteiger partial charge in [0, 0.05) is 22.2 Å². The number of benzene rings is 2. The molecule has 3 rings (SSSR count). The first-order valence-corrected chi connectivity index (χ1v) is 8.28. The van der Waals surface area contributed by atoms with E-state index in [9.17, 15) is 14.4 Å². The third-order valence-electron chi connectivity index (χ3n) is 3.86. The molecule has 7 heteroatoms. The largest absolute Gasteiger partial charge is 0.461 e. The fraction of sp³-hybridized carbons (Fsp3) is 0.167. The van der Waals surface area contributed by atoms with Crippen LogP contribution in [0.3, 0.4) is 0 Å². The Morgan fingerprint density at radius 1 is 0.920 bits per heavy atom. The van der Waals surface area contributed by atoms with E-state index in [2.05, 4.69) is 0 Å². The summed E-state index contributed by atoms with van der Waals surface area (Å²) in [7, 11) is 0. The van der Waals surface area contributed by atoms with Crippen molar-refractivity contribution >= 4 is 41.0 Å². The van der Waals surface area contributed by atoms with Crippen LogP contribution in [0, 0.1) is 0 Å². The number of carbonyl (C=O) groups excluding carboxylic acids is 3. The first kappa shape index (κ1) is 17.5. The van der Waals surface area contributed by atoms with Gasteiger partial charge in [-0.15, -0.1) is 0 Å². The van der Waals surface area contributed by atoms with Crippen LogP contribution in [0.4, 0.5) is 0 Å². The first-order chi connectivity index (χ1) is 12.0. The summed E-state index contributed by atoms with van der Waals surface area (Å²) in [6, 6.07) is 11.5. The van der Waals surface area contributed by atoms with Crippen LogP contribution in [0.2, 0.25) is 10.0 Å². The van der Waals surface area contributed by atoms with Gasteiger partial charge in [-0.2, -0.15) is 0 Å². The zero-order valence-electron chi connectivity index (χ0n) is 13.0. The molecule has 0 bridgehead atoms. The molecule has 1 heterocycles. The second-order valence-electron chi connectivity index (χ2n) is 5.42. The van der Waals surface area contributed by atoms with E-state index in [-0.39, 0.29) is 19.6 Å². The molecule has 1 aliphatic rings. The third kappa shape index (κ3) is 3.52. The van der Waals surface area contributed by atoms with Crippen molar-refractivity contribution in [2.45, 2.75) is 13.0 Å². The van der Waals surface area contributed by atoms with Gasteiger partial charge in [0.2, 0.25) is 0 Å². The maximum atomic E-state index is 12.2. The predicted molar refractivity (Wildman–Crippen MR) is 92.7 cm³/mol. The fourth-order valence-electron chi connectivity index (χ4n) is 2.54. The molecule has 0 atom stereocenters. The molecule has 0 spiro atoms. The summed E-state index contributed by atoms with van der Waals surface area (Å²) >= 11 is 12.0. The van der Waals surface area contributed by atoms with Crippen molar-refractivity contribution in [1.29, 1.82) is 0 Å². The lowest BCUT2D eigenvalue weighted by atomic mass is 10.1. The predicted octanol–water partition coefficient (Wildman–Crippen LogP) is 3.72. The zero-order chi connectivity index (χ0) is 18.0. The van der Waals surface area contributed by atoms with E-state index < -0.39 is 17.8 Å². The van der Waals surface area contributed by atoms with Gasteiger partial charge in [0.05, 0.1) is 17.5 Å². The summed E-state index contributed by atoms with van der Waals surface area (Å²) in [5.41, 5.74) is 1.22. The highest BCUT2D eigenvalue weighted by Gasteiger charge is 2.35. The van der Waals surface area contributed by atoms with Gasteiger partial charge in [-0.3, -0.25) is 19.3 Å². The fourth-order valence-corrected chi connectivity index (χ4v) is 3.05. The second-order valence-corrected chi connectivity index (χ2v) is 6.23. The minimum Gasteiger partial charge on any atom is -0.461 e. The number of nitrogens with zero attached hydrogens (tertiary/aromatic N) is 1. The number of hydrogen-bond donors (Lipinski definition) is 0. The summed E-state index contributed by atoms with van der Waals surface area (Å²) in [4.78, 5) is 37.4. The number of imide groups is 1. The Labute approximate surface area is 154 Å². The number of amides is 2. The van der Waals surface area contributed by atoms with Gasteiger partial charge in [0.15, 0.2) is 0 Å². The highest BCUT2D eigenvalue weighted by atomic mass is 35.5. The van der Waals surface area contributed by atoms with Crippen LogP contribution < -0.4 is 0 Å². The Morgan fingerprint density at radius 2 is 1.48 bits per heavy atom. The van der Waals surface area contributed by atoms with Gasteiger partial charge < -0.3 is 4.74 Å². The average Bonchev–Trinajstić information content (AvgIpc) is 2.84. The molecule has 5 nitrogen and oxygen atoms in total. The molecule has 0 saturated heterocycles. The molecule has 0 saturated carbocycles. The minimum absolute atomic E-state index is 0.0402. The molecular weight excluding hydrogens is 365 g/mol. The molecule has 25 heavy (non-hydrogen) atoms. The molecule has 2 aromatic carbocycles. The van der Waals surface area contributed by atoms with Gasteiger partial charge in [0.1, 0.15) is 6.61 Å². The van der Waals surface area contributed by atoms with Gasteiger partial charge in [-0.1, -0.05) is 41.4 Å². The molecule has 0 radical (unpaired) electrons. The van der Waals surface area contributed by atoms with E-state index in [1.165, 1.54) is 0 Å². The maximum absolute atomic E-state index is 12.2. The first-order valence-electron chi connectivity index (χ1n) is 7.53. The number of hydrogen-bond acceptors (Lipinski definition) is 4. The number of esters is 1. The number of carbonyl (C=O) groups is 3. The Balaban J connectivity index is 1.57. The maximum Gasteiger partial charge on any atom is 0.307 e. The van der Waals surface area contributed by atoms with E-state index in [0.29, 0.717) is 26.7 Å². The van der Waals surface area contributed by atoms with Crippen molar-refractivity contribution in [2.75, 3.05) is 6.54 Å². The number of ether oxygens (including phenoxy) is 1. The summed E-state index contributed by atoms with van der Waals surface area (Å²) in [5.74, 6) is -1.35. The zero-order valence-corrected chi connectivity index (χ0v) is 14.5. The van der Waals surface area contributed by atoms with Gasteiger partial charge in [-0.25, -0.2) is 0 Å². The van der Waals surface area contributed by atoms with E-state index in [1.807, 2.05) is 0 Å². The van der Waals surface area contributed by atoms with Crippen LogP contribution in [0.15, 0.2) is 42.5 Å². The van der Waals surface area contributed by atoms with Crippen molar-refractivity contribution in [3.05, 3.63) is 69.2 Å². The van der Waals surface area contributed by atoms with Crippen LogP contribution in [0.25, 0.3) is 0 Å². The van der Waals surface area contributed by atoms with Crippen LogP contribution in [-0.2, 0) is 16.1 Å². The summed E-state index contributed by atoms with van der Waals surface area (Å²) in [6.45, 7) is -0.110. The molecule has 0 N–H and O–H groups in total. The topological polar surface area (TPSA) is 63.7 Å². The second kappa shape index (κ2) is 7.25. The smallest absolute Gasteiger partial charge is 0.307 e. The number of fused-ring (bicyclic) bond motifs is 1. The lowest BCUT2D eigenvalue weighted by molar-refractivity contribution is -0.145. The molecule has 0 aliphatic carbocycles. The van der Waals surface area contributed by atoms with Crippen molar-refractivity contribution in [3.8, 4) is 0 Å². The van der Waals surface area contributed by atoms with E-state index >= 15 is 0 Å². The van der Waals surface area contributed by atoms with Crippen molar-refractivity contribution < 1.29 is 19.1 Å². The molecule has 2 aromatic rings. The van der Waals surface area contributed by atoms with E-state index in [1.54, 1.807) is 42.5 Å². The molecule has 128 valence electrons. The highest BCUT2D eigenvalue weighted by Crippen LogP contribution is 2.25. The Bertz CT molecular complexity index is 811. The molecule has 0 fully saturated rings. The van der Waals surface area contributed by atoms with Crippen LogP contribution in [-0.4, -0.2) is 29.2 Å². The van der Waals surface area contributed by atoms with E-state index in [0.717, 1.165) is 4.90 Å². The highest BCUT2D eigenvalue weighted by molar-refractivity contribution is 6.36. The lowest BCUT2D eigenvalue weighted by Gasteiger charge is -2.13. The van der Waals surface area contributed by atoms with Crippen molar-refractivity contribution in [3.63, 3.8) is 0 Å². The number of rotatable bonds is 5. The van der Waals surface area contributed by atoms with Gasteiger partial charge in [-0.05, 0) is 24.3 Å². The normalized spacial score (nSPS) is 13.1. The van der Waals surface area contributed by atoms with Crippen molar-refractivity contribution in [1.82, 2.24) is 4.90 Å². The molecule has 0 unspecified atom stereocenters. The summed E-state index contributed by atoms with van der Waals surface area (Å²) in [5, 5.41) is 0.807. The Morgan fingerprint density at radius 3 is 2.04 bits per heavy atom. The Hall–Kier alpha value is -2.37. The lowest BCUT2D eigenvalue weighted by Crippen LogP contribution is -2.32. The number of halogens is 2. The third-order valence-corrected chi connectivity index (χ3v) is 4.57. The standard InChI is InChI=1S/C18H13Cl2NO4/c19-14-6-3-7-15(20)13(14)10-25-16(22)8-9-21-17(23)11-4-1-2-5-12(11)18(21)24/h1-7H,8-10H2. The molecule has 2 amide bonds. The van der Waals surface area contributed by atoms with Crippen molar-refractivity contribution in [2.24, 2.45) is 0 Å². The molecular formula is C18H13Cl2NO4. The Kier molecular flexibility index (Phi) is 5.06. The monoisotopic (exact) mass is 377 g/mol. The summed E-state index contributed by atoms with van der Waals surface area (Å²) < 4.78 is 5.14. The average molecular weight is 378 g/mol. The quantitative estimate of drug-likeness (QED) is 0.588. The minimum atomic E-state index is -0.549. The molecule has 0 aromatic heterocycles. The van der Waals surface area contributed by atoms with Crippen LogP contribution >= 0.6 is 23.2 Å². The van der Waals surface area contributed by atoms with Gasteiger partial charge in [0.25, 0.3) is 11.8 Å².